The molecule has 2 aromatic carbocycles. The molecule has 0 unspecified atom stereocenters. The Morgan fingerprint density at radius 3 is 2.48 bits per heavy atom. The van der Waals surface area contributed by atoms with Crippen LogP contribution in [0.5, 0.6) is 0 Å². The standard InChI is InChI=1S/C19H17ClN2O3S2/c1-22(15-7-3-2-4-8-15)27(24,25)17-9-5-6-14(12-17)19(23)21-13-16-10-11-18(20)26-16/h2-12H,13H2,1H3,(H,21,23). The summed E-state index contributed by atoms with van der Waals surface area (Å²) in [5.41, 5.74) is 0.821. The Kier molecular flexibility index (Phi) is 5.84. The summed E-state index contributed by atoms with van der Waals surface area (Å²) in [6.45, 7) is 0.330. The van der Waals surface area contributed by atoms with Crippen LogP contribution < -0.4 is 9.62 Å². The van der Waals surface area contributed by atoms with Crippen LogP contribution in [-0.4, -0.2) is 21.4 Å². The van der Waals surface area contributed by atoms with Crippen LogP contribution in [0.1, 0.15) is 15.2 Å². The number of sulfonamides is 1. The minimum absolute atomic E-state index is 0.0562. The molecule has 27 heavy (non-hydrogen) atoms. The van der Waals surface area contributed by atoms with E-state index in [9.17, 15) is 13.2 Å². The summed E-state index contributed by atoms with van der Waals surface area (Å²) in [4.78, 5) is 13.4. The minimum atomic E-state index is -3.77. The van der Waals surface area contributed by atoms with Crippen molar-refractivity contribution < 1.29 is 13.2 Å². The first-order chi connectivity index (χ1) is 12.9. The van der Waals surface area contributed by atoms with E-state index in [2.05, 4.69) is 5.32 Å². The summed E-state index contributed by atoms with van der Waals surface area (Å²) in [7, 11) is -2.29. The zero-order valence-electron chi connectivity index (χ0n) is 14.4. The number of benzene rings is 2. The second kappa shape index (κ2) is 8.12. The molecule has 0 aliphatic heterocycles. The second-order valence-corrected chi connectivity index (χ2v) is 9.49. The number of rotatable bonds is 6. The third kappa shape index (κ3) is 4.50. The lowest BCUT2D eigenvalue weighted by Gasteiger charge is -2.19. The van der Waals surface area contributed by atoms with Gasteiger partial charge in [0, 0.05) is 17.5 Å². The van der Waals surface area contributed by atoms with Gasteiger partial charge in [0.15, 0.2) is 0 Å². The van der Waals surface area contributed by atoms with Gasteiger partial charge in [-0.05, 0) is 42.5 Å². The predicted octanol–water partition coefficient (Wildman–Crippen LogP) is 4.16. The molecule has 5 nitrogen and oxygen atoms in total. The number of hydrogen-bond donors (Lipinski definition) is 1. The van der Waals surface area contributed by atoms with E-state index in [1.165, 1.54) is 34.8 Å². The molecule has 1 amide bonds. The molecule has 0 saturated heterocycles. The normalized spacial score (nSPS) is 11.2. The van der Waals surface area contributed by atoms with Crippen LogP contribution in [0.3, 0.4) is 0 Å². The lowest BCUT2D eigenvalue weighted by molar-refractivity contribution is 0.0951. The average molecular weight is 421 g/mol. The van der Waals surface area contributed by atoms with Crippen molar-refractivity contribution in [1.82, 2.24) is 5.32 Å². The zero-order chi connectivity index (χ0) is 19.4. The smallest absolute Gasteiger partial charge is 0.264 e. The Hall–Kier alpha value is -2.35. The van der Waals surface area contributed by atoms with Crippen LogP contribution in [0, 0.1) is 0 Å². The first kappa shape index (κ1) is 19.4. The van der Waals surface area contributed by atoms with Crippen LogP contribution in [0.15, 0.2) is 71.6 Å². The Labute approximate surface area is 167 Å². The van der Waals surface area contributed by atoms with E-state index >= 15 is 0 Å². The van der Waals surface area contributed by atoms with E-state index < -0.39 is 10.0 Å². The molecule has 1 N–H and O–H groups in total. The van der Waals surface area contributed by atoms with Crippen molar-refractivity contribution in [1.29, 1.82) is 0 Å². The molecule has 0 aliphatic carbocycles. The largest absolute Gasteiger partial charge is 0.347 e. The lowest BCUT2D eigenvalue weighted by atomic mass is 10.2. The predicted molar refractivity (Wildman–Crippen MR) is 109 cm³/mol. The number of carbonyl (C=O) groups excluding carboxylic acids is 1. The number of hydrogen-bond acceptors (Lipinski definition) is 4. The minimum Gasteiger partial charge on any atom is -0.347 e. The highest BCUT2D eigenvalue weighted by Crippen LogP contribution is 2.23. The molecule has 0 fully saturated rings. The molecule has 3 rings (SSSR count). The Balaban J connectivity index is 1.79. The van der Waals surface area contributed by atoms with Gasteiger partial charge in [-0.3, -0.25) is 9.10 Å². The number of carbonyl (C=O) groups is 1. The van der Waals surface area contributed by atoms with Gasteiger partial charge in [-0.2, -0.15) is 0 Å². The quantitative estimate of drug-likeness (QED) is 0.651. The number of nitrogens with zero attached hydrogens (tertiary/aromatic N) is 1. The first-order valence-electron chi connectivity index (χ1n) is 8.04. The maximum absolute atomic E-state index is 12.9. The van der Waals surface area contributed by atoms with Crippen molar-refractivity contribution in [2.75, 3.05) is 11.4 Å². The van der Waals surface area contributed by atoms with Gasteiger partial charge in [0.25, 0.3) is 15.9 Å². The molecule has 0 spiro atoms. The number of halogens is 1. The molecule has 1 heterocycles. The highest BCUT2D eigenvalue weighted by Gasteiger charge is 2.22. The number of thiophene rings is 1. The molecule has 3 aromatic rings. The third-order valence-corrected chi connectivity index (χ3v) is 6.94. The molecule has 140 valence electrons. The van der Waals surface area contributed by atoms with E-state index in [1.54, 1.807) is 42.5 Å². The van der Waals surface area contributed by atoms with E-state index in [0.29, 0.717) is 16.6 Å². The molecular weight excluding hydrogens is 404 g/mol. The monoisotopic (exact) mass is 420 g/mol. The van der Waals surface area contributed by atoms with Gasteiger partial charge in [-0.15, -0.1) is 11.3 Å². The molecule has 0 saturated carbocycles. The van der Waals surface area contributed by atoms with Gasteiger partial charge in [0.2, 0.25) is 0 Å². The van der Waals surface area contributed by atoms with E-state index in [1.807, 2.05) is 12.1 Å². The maximum atomic E-state index is 12.9. The molecule has 8 heteroatoms. The van der Waals surface area contributed by atoms with Gasteiger partial charge in [-0.25, -0.2) is 8.42 Å². The van der Waals surface area contributed by atoms with E-state index in [0.717, 1.165) is 4.88 Å². The number of nitrogens with one attached hydrogen (secondary N) is 1. The molecule has 0 radical (unpaired) electrons. The van der Waals surface area contributed by atoms with E-state index in [-0.39, 0.29) is 16.4 Å². The molecule has 0 aliphatic rings. The Bertz CT molecular complexity index is 1050. The van der Waals surface area contributed by atoms with Gasteiger partial charge in [-0.1, -0.05) is 35.9 Å². The Morgan fingerprint density at radius 2 is 1.81 bits per heavy atom. The van der Waals surface area contributed by atoms with Crippen molar-refractivity contribution >= 4 is 44.6 Å². The number of para-hydroxylation sites is 1. The highest BCUT2D eigenvalue weighted by molar-refractivity contribution is 7.92. The summed E-state index contributed by atoms with van der Waals surface area (Å²) in [6.07, 6.45) is 0. The van der Waals surface area contributed by atoms with E-state index in [4.69, 9.17) is 11.6 Å². The van der Waals surface area contributed by atoms with Crippen LogP contribution in [-0.2, 0) is 16.6 Å². The molecule has 0 atom stereocenters. The Morgan fingerprint density at radius 1 is 1.07 bits per heavy atom. The molecule has 1 aromatic heterocycles. The second-order valence-electron chi connectivity index (χ2n) is 5.72. The summed E-state index contributed by atoms with van der Waals surface area (Å²) in [5.74, 6) is -0.348. The van der Waals surface area contributed by atoms with Gasteiger partial charge >= 0.3 is 0 Å². The average Bonchev–Trinajstić information content (AvgIpc) is 3.11. The lowest BCUT2D eigenvalue weighted by Crippen LogP contribution is -2.27. The van der Waals surface area contributed by atoms with Crippen molar-refractivity contribution in [3.8, 4) is 0 Å². The van der Waals surface area contributed by atoms with Gasteiger partial charge in [0.05, 0.1) is 21.5 Å². The van der Waals surface area contributed by atoms with Crippen LogP contribution >= 0.6 is 22.9 Å². The van der Waals surface area contributed by atoms with Crippen LogP contribution in [0.25, 0.3) is 0 Å². The molecular formula is C19H17ClN2O3S2. The summed E-state index contributed by atoms with van der Waals surface area (Å²) >= 11 is 7.26. The fourth-order valence-corrected chi connectivity index (χ4v) is 4.72. The number of amides is 1. The van der Waals surface area contributed by atoms with Gasteiger partial charge < -0.3 is 5.32 Å². The zero-order valence-corrected chi connectivity index (χ0v) is 16.8. The fraction of sp³-hybridized carbons (Fsp3) is 0.105. The van der Waals surface area contributed by atoms with Crippen LogP contribution in [0.4, 0.5) is 5.69 Å². The summed E-state index contributed by atoms with van der Waals surface area (Å²) < 4.78 is 27.6. The van der Waals surface area contributed by atoms with Gasteiger partial charge in [0.1, 0.15) is 0 Å². The number of anilines is 1. The van der Waals surface area contributed by atoms with Crippen molar-refractivity contribution in [2.24, 2.45) is 0 Å². The topological polar surface area (TPSA) is 66.5 Å². The molecule has 0 bridgehead atoms. The van der Waals surface area contributed by atoms with Crippen molar-refractivity contribution in [3.63, 3.8) is 0 Å². The maximum Gasteiger partial charge on any atom is 0.264 e. The van der Waals surface area contributed by atoms with Crippen molar-refractivity contribution in [3.05, 3.63) is 81.5 Å². The third-order valence-electron chi connectivity index (χ3n) is 3.93. The summed E-state index contributed by atoms with van der Waals surface area (Å²) in [5, 5.41) is 2.77. The first-order valence-corrected chi connectivity index (χ1v) is 10.7. The van der Waals surface area contributed by atoms with Crippen molar-refractivity contribution in [2.45, 2.75) is 11.4 Å². The highest BCUT2D eigenvalue weighted by atomic mass is 35.5. The van der Waals surface area contributed by atoms with Crippen LogP contribution in [0.2, 0.25) is 4.34 Å². The summed E-state index contributed by atoms with van der Waals surface area (Å²) in [6, 6.07) is 18.4. The fourth-order valence-electron chi connectivity index (χ4n) is 2.45. The SMILES string of the molecule is CN(c1ccccc1)S(=O)(=O)c1cccc(C(=O)NCc2ccc(Cl)s2)c1.